The third kappa shape index (κ3) is 3.46. The number of hydrogen-bond acceptors (Lipinski definition) is 1. The SMILES string of the molecule is Cc1ccc(-c2c(-c3cccc4c3Cc3ccccc3-4)cc(Cl)c(N(C)C)c2Cl)c(C)c1C. The summed E-state index contributed by atoms with van der Waals surface area (Å²) in [5, 5.41) is 1.36. The molecule has 33 heavy (non-hydrogen) atoms. The van der Waals surface area contributed by atoms with Crippen LogP contribution < -0.4 is 4.90 Å². The molecule has 0 radical (unpaired) electrons. The Morgan fingerprint density at radius 1 is 0.697 bits per heavy atom. The maximum absolute atomic E-state index is 7.18. The third-order valence-electron chi connectivity index (χ3n) is 7.11. The van der Waals surface area contributed by atoms with Gasteiger partial charge in [-0.15, -0.1) is 0 Å². The molecule has 0 saturated carbocycles. The number of halogens is 2. The van der Waals surface area contributed by atoms with E-state index in [0.29, 0.717) is 10.0 Å². The standard InChI is InChI=1S/C30H27Cl2N/c1-17-13-14-21(19(3)18(17)2)28-26(16-27(31)30(29(28)32)33(4)5)24-12-8-11-23-22-10-7-6-9-20(22)15-25(23)24/h6-14,16H,15H2,1-5H3. The van der Waals surface area contributed by atoms with E-state index >= 15 is 0 Å². The van der Waals surface area contributed by atoms with Gasteiger partial charge in [0.05, 0.1) is 15.7 Å². The molecule has 0 heterocycles. The topological polar surface area (TPSA) is 3.24 Å². The van der Waals surface area contributed by atoms with E-state index in [1.54, 1.807) is 0 Å². The highest BCUT2D eigenvalue weighted by Gasteiger charge is 2.26. The molecule has 0 bridgehead atoms. The van der Waals surface area contributed by atoms with Gasteiger partial charge in [0.1, 0.15) is 0 Å². The van der Waals surface area contributed by atoms with Crippen LogP contribution in [0.25, 0.3) is 33.4 Å². The van der Waals surface area contributed by atoms with Crippen LogP contribution in [0.15, 0.2) is 60.7 Å². The van der Waals surface area contributed by atoms with Gasteiger partial charge >= 0.3 is 0 Å². The summed E-state index contributed by atoms with van der Waals surface area (Å²) >= 11 is 14.0. The molecule has 4 aromatic carbocycles. The van der Waals surface area contributed by atoms with Gasteiger partial charge in [0.25, 0.3) is 0 Å². The zero-order valence-corrected chi connectivity index (χ0v) is 21.2. The Balaban J connectivity index is 1.85. The van der Waals surface area contributed by atoms with Crippen LogP contribution in [0.4, 0.5) is 5.69 Å². The highest BCUT2D eigenvalue weighted by Crippen LogP contribution is 2.50. The van der Waals surface area contributed by atoms with Gasteiger partial charge in [-0.3, -0.25) is 0 Å². The Hall–Kier alpha value is -2.74. The fourth-order valence-corrected chi connectivity index (χ4v) is 6.03. The predicted octanol–water partition coefficient (Wildman–Crippen LogP) is 8.89. The zero-order valence-electron chi connectivity index (χ0n) is 19.7. The Bertz CT molecular complexity index is 1420. The summed E-state index contributed by atoms with van der Waals surface area (Å²) in [5.41, 5.74) is 14.5. The van der Waals surface area contributed by atoms with E-state index in [0.717, 1.165) is 28.8 Å². The number of benzene rings is 4. The van der Waals surface area contributed by atoms with Crippen molar-refractivity contribution < 1.29 is 0 Å². The summed E-state index contributed by atoms with van der Waals surface area (Å²) in [6, 6.07) is 21.8. The van der Waals surface area contributed by atoms with Crippen LogP contribution >= 0.6 is 23.2 Å². The van der Waals surface area contributed by atoms with E-state index in [1.807, 2.05) is 19.0 Å². The highest BCUT2D eigenvalue weighted by molar-refractivity contribution is 6.42. The second-order valence-corrected chi connectivity index (χ2v) is 9.97. The molecule has 0 aromatic heterocycles. The number of aryl methyl sites for hydroxylation is 1. The third-order valence-corrected chi connectivity index (χ3v) is 7.77. The first-order valence-electron chi connectivity index (χ1n) is 11.3. The monoisotopic (exact) mass is 471 g/mol. The van der Waals surface area contributed by atoms with Gasteiger partial charge in [-0.2, -0.15) is 0 Å². The molecule has 0 amide bonds. The molecule has 1 nitrogen and oxygen atoms in total. The molecule has 0 N–H and O–H groups in total. The molecule has 0 fully saturated rings. The number of rotatable bonds is 3. The minimum atomic E-state index is 0.665. The molecule has 0 saturated heterocycles. The first-order valence-corrected chi connectivity index (χ1v) is 12.0. The fraction of sp³-hybridized carbons (Fsp3) is 0.200. The second kappa shape index (κ2) is 8.24. The van der Waals surface area contributed by atoms with Crippen molar-refractivity contribution in [2.75, 3.05) is 19.0 Å². The summed E-state index contributed by atoms with van der Waals surface area (Å²) in [4.78, 5) is 2.00. The summed E-state index contributed by atoms with van der Waals surface area (Å²) in [6.45, 7) is 6.53. The normalized spacial score (nSPS) is 12.0. The molecule has 0 unspecified atom stereocenters. The number of anilines is 1. The van der Waals surface area contributed by atoms with Gasteiger partial charge in [-0.1, -0.05) is 77.8 Å². The van der Waals surface area contributed by atoms with Gasteiger partial charge in [-0.25, -0.2) is 0 Å². The minimum absolute atomic E-state index is 0.665. The van der Waals surface area contributed by atoms with Gasteiger partial charge in [0.15, 0.2) is 0 Å². The Kier molecular flexibility index (Phi) is 5.51. The van der Waals surface area contributed by atoms with Crippen molar-refractivity contribution in [3.63, 3.8) is 0 Å². The van der Waals surface area contributed by atoms with Crippen molar-refractivity contribution in [1.29, 1.82) is 0 Å². The molecule has 166 valence electrons. The van der Waals surface area contributed by atoms with Gasteiger partial charge in [-0.05, 0) is 88.9 Å². The summed E-state index contributed by atoms with van der Waals surface area (Å²) in [5.74, 6) is 0. The largest absolute Gasteiger partial charge is 0.375 e. The number of nitrogens with zero attached hydrogens (tertiary/aromatic N) is 1. The van der Waals surface area contributed by atoms with Crippen molar-refractivity contribution in [3.05, 3.63) is 98.5 Å². The minimum Gasteiger partial charge on any atom is -0.375 e. The predicted molar refractivity (Wildman–Crippen MR) is 144 cm³/mol. The van der Waals surface area contributed by atoms with Crippen molar-refractivity contribution in [3.8, 4) is 33.4 Å². The Morgan fingerprint density at radius 2 is 1.36 bits per heavy atom. The van der Waals surface area contributed by atoms with Crippen molar-refractivity contribution in [2.45, 2.75) is 27.2 Å². The van der Waals surface area contributed by atoms with Crippen LogP contribution in [0.5, 0.6) is 0 Å². The first-order chi connectivity index (χ1) is 15.8. The molecule has 1 aliphatic carbocycles. The van der Waals surface area contributed by atoms with E-state index in [9.17, 15) is 0 Å². The average molecular weight is 472 g/mol. The lowest BCUT2D eigenvalue weighted by Crippen LogP contribution is -2.11. The maximum atomic E-state index is 7.18. The van der Waals surface area contributed by atoms with Crippen LogP contribution in [-0.2, 0) is 6.42 Å². The molecule has 1 aliphatic rings. The lowest BCUT2D eigenvalue weighted by Gasteiger charge is -2.24. The number of hydrogen-bond donors (Lipinski definition) is 0. The van der Waals surface area contributed by atoms with Crippen LogP contribution in [0.2, 0.25) is 10.0 Å². The van der Waals surface area contributed by atoms with Gasteiger partial charge < -0.3 is 4.90 Å². The highest BCUT2D eigenvalue weighted by atomic mass is 35.5. The second-order valence-electron chi connectivity index (χ2n) is 9.18. The summed E-state index contributed by atoms with van der Waals surface area (Å²) < 4.78 is 0. The fourth-order valence-electron chi connectivity index (χ4n) is 5.13. The summed E-state index contributed by atoms with van der Waals surface area (Å²) in [6.07, 6.45) is 0.914. The molecule has 0 atom stereocenters. The van der Waals surface area contributed by atoms with Crippen molar-refractivity contribution in [1.82, 2.24) is 0 Å². The molecular formula is C30H27Cl2N. The smallest absolute Gasteiger partial charge is 0.0746 e. The molecule has 0 spiro atoms. The Morgan fingerprint density at radius 3 is 2.09 bits per heavy atom. The number of fused-ring (bicyclic) bond motifs is 3. The van der Waals surface area contributed by atoms with Gasteiger partial charge in [0, 0.05) is 19.7 Å². The van der Waals surface area contributed by atoms with Crippen LogP contribution in [0, 0.1) is 20.8 Å². The average Bonchev–Trinajstić information content (AvgIpc) is 3.17. The van der Waals surface area contributed by atoms with E-state index in [4.69, 9.17) is 23.2 Å². The van der Waals surface area contributed by atoms with Crippen LogP contribution in [0.3, 0.4) is 0 Å². The van der Waals surface area contributed by atoms with Crippen molar-refractivity contribution in [2.24, 2.45) is 0 Å². The van der Waals surface area contributed by atoms with Gasteiger partial charge in [0.2, 0.25) is 0 Å². The van der Waals surface area contributed by atoms with Crippen molar-refractivity contribution >= 4 is 28.9 Å². The first kappa shape index (κ1) is 22.1. The molecular weight excluding hydrogens is 445 g/mol. The van der Waals surface area contributed by atoms with E-state index in [1.165, 1.54) is 44.5 Å². The van der Waals surface area contributed by atoms with E-state index < -0.39 is 0 Å². The van der Waals surface area contributed by atoms with Crippen LogP contribution in [-0.4, -0.2) is 14.1 Å². The quantitative estimate of drug-likeness (QED) is 0.253. The molecule has 0 aliphatic heterocycles. The van der Waals surface area contributed by atoms with Crippen LogP contribution in [0.1, 0.15) is 27.8 Å². The molecule has 3 heteroatoms. The maximum Gasteiger partial charge on any atom is 0.0746 e. The Labute approximate surface area is 206 Å². The van der Waals surface area contributed by atoms with E-state index in [-0.39, 0.29) is 0 Å². The molecule has 4 aromatic rings. The summed E-state index contributed by atoms with van der Waals surface area (Å²) in [7, 11) is 3.97. The van der Waals surface area contributed by atoms with E-state index in [2.05, 4.69) is 81.4 Å². The lowest BCUT2D eigenvalue weighted by molar-refractivity contribution is 1.13. The zero-order chi connectivity index (χ0) is 23.4. The lowest BCUT2D eigenvalue weighted by atomic mass is 9.86. The molecule has 5 rings (SSSR count).